The van der Waals surface area contributed by atoms with E-state index in [-0.39, 0.29) is 16.5 Å². The molecule has 1 saturated carbocycles. The summed E-state index contributed by atoms with van der Waals surface area (Å²) in [5, 5.41) is 0. The van der Waals surface area contributed by atoms with Gasteiger partial charge in [0.2, 0.25) is 0 Å². The lowest BCUT2D eigenvalue weighted by atomic mass is 9.96. The highest BCUT2D eigenvalue weighted by Gasteiger charge is 2.46. The van der Waals surface area contributed by atoms with Crippen molar-refractivity contribution >= 4 is 15.9 Å². The molecule has 2 rings (SSSR count). The number of nitrogens with two attached hydrogens (primary N) is 1. The van der Waals surface area contributed by atoms with E-state index in [0.717, 1.165) is 12.8 Å². The molecule has 0 bridgehead atoms. The van der Waals surface area contributed by atoms with E-state index in [4.69, 9.17) is 5.90 Å². The fraction of sp³-hybridized carbons (Fsp3) is 0.400. The van der Waals surface area contributed by atoms with Crippen LogP contribution in [0.15, 0.2) is 16.6 Å². The van der Waals surface area contributed by atoms with Gasteiger partial charge in [0.05, 0.1) is 11.1 Å². The third kappa shape index (κ3) is 1.79. The van der Waals surface area contributed by atoms with Gasteiger partial charge >= 0.3 is 0 Å². The summed E-state index contributed by atoms with van der Waals surface area (Å²) in [4.78, 5) is 4.57. The van der Waals surface area contributed by atoms with Crippen LogP contribution >= 0.6 is 15.9 Å². The molecule has 1 aliphatic carbocycles. The van der Waals surface area contributed by atoms with Crippen molar-refractivity contribution in [1.29, 1.82) is 0 Å². The molecule has 0 radical (unpaired) electrons. The van der Waals surface area contributed by atoms with Crippen LogP contribution < -0.4 is 5.90 Å². The predicted molar refractivity (Wildman–Crippen MR) is 55.1 cm³/mol. The standard InChI is InChI=1S/C10H10BrF2NO/c11-8-7(12)2-1-6(9(8)13)10(3-4-10)5-15-14/h1-2H,3-5,14H2. The summed E-state index contributed by atoms with van der Waals surface area (Å²) < 4.78 is 26.6. The van der Waals surface area contributed by atoms with Crippen molar-refractivity contribution in [3.8, 4) is 0 Å². The Morgan fingerprint density at radius 2 is 2.07 bits per heavy atom. The summed E-state index contributed by atoms with van der Waals surface area (Å²) in [5.41, 5.74) is 0.121. The summed E-state index contributed by atoms with van der Waals surface area (Å²) in [7, 11) is 0. The fourth-order valence-corrected chi connectivity index (χ4v) is 2.08. The van der Waals surface area contributed by atoms with E-state index in [2.05, 4.69) is 20.8 Å². The highest BCUT2D eigenvalue weighted by atomic mass is 79.9. The first kappa shape index (κ1) is 11.0. The van der Waals surface area contributed by atoms with Gasteiger partial charge in [0.15, 0.2) is 0 Å². The molecule has 2 nitrogen and oxygen atoms in total. The van der Waals surface area contributed by atoms with E-state index in [1.807, 2.05) is 0 Å². The molecular formula is C10H10BrF2NO. The van der Waals surface area contributed by atoms with E-state index in [1.165, 1.54) is 12.1 Å². The summed E-state index contributed by atoms with van der Waals surface area (Å²) >= 11 is 2.88. The lowest BCUT2D eigenvalue weighted by Crippen LogP contribution is -2.19. The monoisotopic (exact) mass is 277 g/mol. The maximum Gasteiger partial charge on any atom is 0.144 e. The average Bonchev–Trinajstić information content (AvgIpc) is 2.96. The zero-order valence-electron chi connectivity index (χ0n) is 7.90. The second-order valence-electron chi connectivity index (χ2n) is 3.81. The summed E-state index contributed by atoms with van der Waals surface area (Å²) in [6.07, 6.45) is 1.64. The van der Waals surface area contributed by atoms with Gasteiger partial charge in [0, 0.05) is 5.41 Å². The zero-order valence-corrected chi connectivity index (χ0v) is 9.48. The van der Waals surface area contributed by atoms with Crippen LogP contribution in [0.1, 0.15) is 18.4 Å². The third-order valence-corrected chi connectivity index (χ3v) is 3.55. The zero-order chi connectivity index (χ0) is 11.1. The molecular weight excluding hydrogens is 268 g/mol. The Labute approximate surface area is 94.5 Å². The molecule has 1 fully saturated rings. The van der Waals surface area contributed by atoms with Crippen molar-refractivity contribution in [1.82, 2.24) is 0 Å². The van der Waals surface area contributed by atoms with Crippen LogP contribution in [0.25, 0.3) is 0 Å². The smallest absolute Gasteiger partial charge is 0.144 e. The summed E-state index contributed by atoms with van der Waals surface area (Å²) in [6.45, 7) is 0.266. The van der Waals surface area contributed by atoms with Crippen LogP contribution in [0.5, 0.6) is 0 Å². The Balaban J connectivity index is 2.41. The van der Waals surface area contributed by atoms with E-state index in [0.29, 0.717) is 5.56 Å². The number of benzene rings is 1. The van der Waals surface area contributed by atoms with E-state index >= 15 is 0 Å². The first-order valence-corrected chi connectivity index (χ1v) is 5.36. The largest absolute Gasteiger partial charge is 0.304 e. The number of hydrogen-bond donors (Lipinski definition) is 1. The Kier molecular flexibility index (Phi) is 2.79. The molecule has 1 aromatic rings. The molecule has 1 aliphatic rings. The maximum absolute atomic E-state index is 13.7. The molecule has 15 heavy (non-hydrogen) atoms. The minimum Gasteiger partial charge on any atom is -0.304 e. The van der Waals surface area contributed by atoms with E-state index in [1.54, 1.807) is 0 Å². The Morgan fingerprint density at radius 1 is 1.40 bits per heavy atom. The molecule has 0 amide bonds. The van der Waals surface area contributed by atoms with Crippen LogP contribution in [0.2, 0.25) is 0 Å². The Bertz CT molecular complexity index is 393. The van der Waals surface area contributed by atoms with E-state index in [9.17, 15) is 8.78 Å². The molecule has 5 heteroatoms. The van der Waals surface area contributed by atoms with Gasteiger partial charge in [-0.15, -0.1) is 0 Å². The molecule has 2 N–H and O–H groups in total. The van der Waals surface area contributed by atoms with Crippen LogP contribution in [-0.2, 0) is 10.3 Å². The van der Waals surface area contributed by atoms with Gasteiger partial charge in [-0.05, 0) is 40.4 Å². The molecule has 0 atom stereocenters. The minimum absolute atomic E-state index is 0.122. The molecule has 0 heterocycles. The highest BCUT2D eigenvalue weighted by molar-refractivity contribution is 9.10. The Hall–Kier alpha value is -0.520. The topological polar surface area (TPSA) is 35.2 Å². The molecule has 0 aromatic heterocycles. The van der Waals surface area contributed by atoms with Crippen LogP contribution in [0, 0.1) is 11.6 Å². The van der Waals surface area contributed by atoms with Gasteiger partial charge in [-0.1, -0.05) is 6.07 Å². The van der Waals surface area contributed by atoms with Gasteiger partial charge < -0.3 is 4.84 Å². The van der Waals surface area contributed by atoms with E-state index < -0.39 is 11.6 Å². The summed E-state index contributed by atoms with van der Waals surface area (Å²) in [5.74, 6) is 3.85. The minimum atomic E-state index is -0.597. The molecule has 0 spiro atoms. The molecule has 0 unspecified atom stereocenters. The maximum atomic E-state index is 13.7. The van der Waals surface area contributed by atoms with Gasteiger partial charge in [-0.25, -0.2) is 14.7 Å². The molecule has 82 valence electrons. The van der Waals surface area contributed by atoms with Crippen molar-refractivity contribution in [2.45, 2.75) is 18.3 Å². The molecule has 1 aromatic carbocycles. The van der Waals surface area contributed by atoms with Gasteiger partial charge in [-0.2, -0.15) is 0 Å². The van der Waals surface area contributed by atoms with Crippen LogP contribution in [-0.4, -0.2) is 6.61 Å². The van der Waals surface area contributed by atoms with Gasteiger partial charge in [0.25, 0.3) is 0 Å². The lowest BCUT2D eigenvalue weighted by Gasteiger charge is -2.15. The predicted octanol–water partition coefficient (Wildman–Crippen LogP) is 2.65. The van der Waals surface area contributed by atoms with Crippen molar-refractivity contribution in [3.05, 3.63) is 33.8 Å². The first-order chi connectivity index (χ1) is 7.10. The third-order valence-electron chi connectivity index (χ3n) is 2.82. The fourth-order valence-electron chi connectivity index (χ4n) is 1.74. The van der Waals surface area contributed by atoms with Crippen molar-refractivity contribution in [2.75, 3.05) is 6.61 Å². The van der Waals surface area contributed by atoms with Crippen molar-refractivity contribution in [3.63, 3.8) is 0 Å². The number of halogens is 3. The first-order valence-electron chi connectivity index (χ1n) is 4.56. The highest BCUT2D eigenvalue weighted by Crippen LogP contribution is 2.49. The van der Waals surface area contributed by atoms with Crippen molar-refractivity contribution < 1.29 is 13.6 Å². The van der Waals surface area contributed by atoms with Crippen molar-refractivity contribution in [2.24, 2.45) is 5.90 Å². The molecule has 0 aliphatic heterocycles. The quantitative estimate of drug-likeness (QED) is 0.681. The SMILES string of the molecule is NOCC1(c2ccc(F)c(Br)c2F)CC1. The van der Waals surface area contributed by atoms with Crippen LogP contribution in [0.4, 0.5) is 8.78 Å². The van der Waals surface area contributed by atoms with Crippen LogP contribution in [0.3, 0.4) is 0 Å². The average molecular weight is 278 g/mol. The second-order valence-corrected chi connectivity index (χ2v) is 4.61. The second kappa shape index (κ2) is 3.81. The normalized spacial score (nSPS) is 17.9. The number of hydrogen-bond acceptors (Lipinski definition) is 2. The summed E-state index contributed by atoms with van der Waals surface area (Å²) in [6, 6.07) is 2.71. The molecule has 0 saturated heterocycles. The van der Waals surface area contributed by atoms with Gasteiger partial charge in [0.1, 0.15) is 11.6 Å². The lowest BCUT2D eigenvalue weighted by molar-refractivity contribution is 0.115. The van der Waals surface area contributed by atoms with Gasteiger partial charge in [-0.3, -0.25) is 0 Å². The Morgan fingerprint density at radius 3 is 2.60 bits per heavy atom. The number of rotatable bonds is 3.